The number of aromatic nitrogens is 6. The van der Waals surface area contributed by atoms with Gasteiger partial charge in [-0.1, -0.05) is 0 Å². The zero-order valence-electron chi connectivity index (χ0n) is 19.7. The maximum absolute atomic E-state index is 14.4. The van der Waals surface area contributed by atoms with Crippen molar-refractivity contribution < 1.29 is 14.2 Å². The summed E-state index contributed by atoms with van der Waals surface area (Å²) in [7, 11) is 1.41. The molecule has 1 aliphatic rings. The molecular formula is C23H29FN8O2. The maximum Gasteiger partial charge on any atom is 0.223 e. The third-order valence-corrected chi connectivity index (χ3v) is 6.87. The Bertz CT molecular complexity index is 1350. The van der Waals surface area contributed by atoms with E-state index in [0.29, 0.717) is 35.0 Å². The number of piperidine rings is 1. The van der Waals surface area contributed by atoms with E-state index in [4.69, 9.17) is 15.5 Å². The number of nitrogens with zero attached hydrogens (tertiary/aromatic N) is 7. The van der Waals surface area contributed by atoms with Crippen LogP contribution in [-0.4, -0.2) is 60.3 Å². The van der Waals surface area contributed by atoms with E-state index in [1.807, 2.05) is 19.3 Å². The first kappa shape index (κ1) is 22.3. The maximum atomic E-state index is 14.4. The molecule has 10 nitrogen and oxygen atoms in total. The predicted octanol–water partition coefficient (Wildman–Crippen LogP) is 2.92. The van der Waals surface area contributed by atoms with Gasteiger partial charge in [-0.25, -0.2) is 14.4 Å². The van der Waals surface area contributed by atoms with Crippen molar-refractivity contribution in [1.82, 2.24) is 29.4 Å². The Morgan fingerprint density at radius 1 is 1.24 bits per heavy atom. The molecule has 0 aliphatic carbocycles. The number of nitrogen functional groups attached to an aromatic ring is 1. The molecule has 1 saturated heterocycles. The summed E-state index contributed by atoms with van der Waals surface area (Å²) >= 11 is 0. The minimum Gasteiger partial charge on any atom is -0.494 e. The number of hydrogen-bond acceptors (Lipinski definition) is 8. The fourth-order valence-corrected chi connectivity index (χ4v) is 4.57. The molecule has 0 saturated carbocycles. The van der Waals surface area contributed by atoms with Crippen molar-refractivity contribution in [3.8, 4) is 5.75 Å². The predicted molar refractivity (Wildman–Crippen MR) is 127 cm³/mol. The molecule has 4 heterocycles. The average molecular weight is 469 g/mol. The van der Waals surface area contributed by atoms with Gasteiger partial charge in [0.05, 0.1) is 36.7 Å². The summed E-state index contributed by atoms with van der Waals surface area (Å²) in [4.78, 5) is 11.4. The molecule has 0 radical (unpaired) electrons. The molecule has 1 aromatic carbocycles. The highest BCUT2D eigenvalue weighted by Crippen LogP contribution is 2.34. The van der Waals surface area contributed by atoms with Crippen LogP contribution < -0.4 is 15.4 Å². The zero-order chi connectivity index (χ0) is 24.1. The highest BCUT2D eigenvalue weighted by atomic mass is 19.1. The molecule has 5 rings (SSSR count). The van der Waals surface area contributed by atoms with Gasteiger partial charge in [-0.3, -0.25) is 4.68 Å². The summed E-state index contributed by atoms with van der Waals surface area (Å²) in [6.07, 6.45) is 5.18. The van der Waals surface area contributed by atoms with Crippen molar-refractivity contribution in [2.75, 3.05) is 24.3 Å². The van der Waals surface area contributed by atoms with Crippen molar-refractivity contribution >= 4 is 28.2 Å². The average Bonchev–Trinajstić information content (AvgIpc) is 3.47. The molecule has 0 bridgehead atoms. The van der Waals surface area contributed by atoms with E-state index in [0.717, 1.165) is 18.5 Å². The Hall–Kier alpha value is -3.47. The second-order valence-electron chi connectivity index (χ2n) is 9.11. The molecule has 180 valence electrons. The van der Waals surface area contributed by atoms with Gasteiger partial charge >= 0.3 is 0 Å². The second kappa shape index (κ2) is 8.39. The summed E-state index contributed by atoms with van der Waals surface area (Å²) in [6, 6.07) is 3.08. The molecule has 11 heteroatoms. The molecule has 34 heavy (non-hydrogen) atoms. The van der Waals surface area contributed by atoms with Gasteiger partial charge < -0.3 is 20.5 Å². The molecule has 4 aromatic rings. The van der Waals surface area contributed by atoms with Crippen LogP contribution in [0.25, 0.3) is 16.6 Å². The van der Waals surface area contributed by atoms with Crippen LogP contribution in [0.3, 0.4) is 0 Å². The monoisotopic (exact) mass is 468 g/mol. The first-order valence-corrected chi connectivity index (χ1v) is 11.4. The Morgan fingerprint density at radius 2 is 2.03 bits per heavy atom. The van der Waals surface area contributed by atoms with E-state index in [9.17, 15) is 9.50 Å². The van der Waals surface area contributed by atoms with Crippen LogP contribution in [0.1, 0.15) is 51.4 Å². The lowest BCUT2D eigenvalue weighted by molar-refractivity contribution is 0.132. The number of halogens is 1. The number of rotatable bonds is 5. The summed E-state index contributed by atoms with van der Waals surface area (Å²) in [5.41, 5.74) is 8.13. The third kappa shape index (κ3) is 3.69. The molecule has 2 unspecified atom stereocenters. The number of hydrogen-bond donors (Lipinski definition) is 2. The van der Waals surface area contributed by atoms with Crippen LogP contribution in [-0.2, 0) is 0 Å². The Kier molecular flexibility index (Phi) is 5.51. The van der Waals surface area contributed by atoms with Crippen molar-refractivity contribution in [1.29, 1.82) is 0 Å². The van der Waals surface area contributed by atoms with Gasteiger partial charge in [0.2, 0.25) is 5.95 Å². The number of ether oxygens (including phenoxy) is 1. The zero-order valence-corrected chi connectivity index (χ0v) is 19.7. The minimum atomic E-state index is -0.500. The topological polar surface area (TPSA) is 120 Å². The lowest BCUT2D eigenvalue weighted by Gasteiger charge is -2.37. The first-order valence-electron chi connectivity index (χ1n) is 11.4. The standard InChI is InChI=1S/C23H29FN8O2/c1-12-5-6-15(10-30(12)16-9-26-31(11-16)13(2)14(3)33)21-28-22-17-7-18(24)20(34-4)8-19(17)27-23(25)32(22)29-21/h7-9,11-15,33H,5-6,10H2,1-4H3,(H2,25,27)/t12-,13?,14?,15+/m1/s1. The molecule has 3 N–H and O–H groups in total. The Labute approximate surface area is 196 Å². The van der Waals surface area contributed by atoms with Crippen molar-refractivity contribution in [2.45, 2.75) is 57.7 Å². The molecule has 1 fully saturated rings. The van der Waals surface area contributed by atoms with Gasteiger partial charge in [0.15, 0.2) is 23.0 Å². The highest BCUT2D eigenvalue weighted by Gasteiger charge is 2.31. The minimum absolute atomic E-state index is 0.0613. The number of benzene rings is 1. The number of anilines is 2. The van der Waals surface area contributed by atoms with Gasteiger partial charge in [0.1, 0.15) is 0 Å². The van der Waals surface area contributed by atoms with Crippen LogP contribution in [0.2, 0.25) is 0 Å². The molecule has 4 atom stereocenters. The number of methoxy groups -OCH3 is 1. The molecular weight excluding hydrogens is 439 g/mol. The van der Waals surface area contributed by atoms with Crippen LogP contribution >= 0.6 is 0 Å². The first-order chi connectivity index (χ1) is 16.3. The Balaban J connectivity index is 1.49. The van der Waals surface area contributed by atoms with E-state index in [1.165, 1.54) is 23.8 Å². The third-order valence-electron chi connectivity index (χ3n) is 6.87. The van der Waals surface area contributed by atoms with Gasteiger partial charge in [0, 0.05) is 36.2 Å². The molecule has 0 amide bonds. The van der Waals surface area contributed by atoms with Crippen LogP contribution in [0, 0.1) is 5.82 Å². The number of nitrogens with two attached hydrogens (primary N) is 1. The van der Waals surface area contributed by atoms with E-state index in [-0.39, 0.29) is 23.7 Å². The number of aliphatic hydroxyl groups is 1. The lowest BCUT2D eigenvalue weighted by atomic mass is 9.92. The van der Waals surface area contributed by atoms with Crippen molar-refractivity contribution in [3.05, 3.63) is 36.2 Å². The van der Waals surface area contributed by atoms with E-state index >= 15 is 0 Å². The van der Waals surface area contributed by atoms with Gasteiger partial charge in [0.25, 0.3) is 0 Å². The quantitative estimate of drug-likeness (QED) is 0.459. The summed E-state index contributed by atoms with van der Waals surface area (Å²) in [5, 5.41) is 19.5. The lowest BCUT2D eigenvalue weighted by Crippen LogP contribution is -2.41. The van der Waals surface area contributed by atoms with Crippen LogP contribution in [0.4, 0.5) is 16.0 Å². The molecule has 1 aliphatic heterocycles. The van der Waals surface area contributed by atoms with Crippen LogP contribution in [0.5, 0.6) is 5.75 Å². The smallest absolute Gasteiger partial charge is 0.223 e. The summed E-state index contributed by atoms with van der Waals surface area (Å²) < 4.78 is 22.8. The van der Waals surface area contributed by atoms with Crippen LogP contribution in [0.15, 0.2) is 24.5 Å². The van der Waals surface area contributed by atoms with Gasteiger partial charge in [-0.05, 0) is 39.7 Å². The number of aliphatic hydroxyl groups excluding tert-OH is 1. The second-order valence-corrected chi connectivity index (χ2v) is 9.11. The largest absolute Gasteiger partial charge is 0.494 e. The van der Waals surface area contributed by atoms with Crippen molar-refractivity contribution in [2.24, 2.45) is 0 Å². The fourth-order valence-electron chi connectivity index (χ4n) is 4.57. The van der Waals surface area contributed by atoms with Gasteiger partial charge in [-0.2, -0.15) is 9.61 Å². The van der Waals surface area contributed by atoms with Crippen molar-refractivity contribution in [3.63, 3.8) is 0 Å². The molecule has 0 spiro atoms. The van der Waals surface area contributed by atoms with E-state index < -0.39 is 11.9 Å². The van der Waals surface area contributed by atoms with Gasteiger partial charge in [-0.15, -0.1) is 5.10 Å². The van der Waals surface area contributed by atoms with E-state index in [2.05, 4.69) is 27.0 Å². The summed E-state index contributed by atoms with van der Waals surface area (Å²) in [5.74, 6) is 0.509. The van der Waals surface area contributed by atoms with E-state index in [1.54, 1.807) is 11.6 Å². The summed E-state index contributed by atoms with van der Waals surface area (Å²) in [6.45, 7) is 6.59. The number of fused-ring (bicyclic) bond motifs is 3. The molecule has 3 aromatic heterocycles. The SMILES string of the molecule is COc1cc2nc(N)n3nc([C@H]4CC[C@@H](C)N(c5cnn(C(C)C(C)O)c5)C4)nc3c2cc1F. The fraction of sp³-hybridized carbons (Fsp3) is 0.478. The normalized spacial score (nSPS) is 20.7. The highest BCUT2D eigenvalue weighted by molar-refractivity contribution is 5.93. The Morgan fingerprint density at radius 3 is 2.76 bits per heavy atom.